The molecule has 1 atom stereocenters. The molecule has 2 aromatic rings. The van der Waals surface area contributed by atoms with E-state index in [0.29, 0.717) is 13.0 Å². The average Bonchev–Trinajstić information content (AvgIpc) is 3.22. The molecule has 1 spiro atoms. The third-order valence-corrected chi connectivity index (χ3v) is 6.74. The second-order valence-corrected chi connectivity index (χ2v) is 8.94. The second-order valence-electron chi connectivity index (χ2n) is 8.94. The maximum atomic E-state index is 12.8. The molecule has 2 aromatic carbocycles. The standard InChI is InChI=1S/C26H34N2O4/c1-30-23-11-6-8-21(25(23)31-2)18-27-15-7-13-26(19-27)14-16-28(20-26)24(29)12-17-32-22-9-4-3-5-10-22/h3-6,8-11H,7,12-20H2,1-2H3/t26-/m1/s1. The first kappa shape index (κ1) is 22.5. The summed E-state index contributed by atoms with van der Waals surface area (Å²) in [6.07, 6.45) is 3.84. The van der Waals surface area contributed by atoms with Gasteiger partial charge in [-0.2, -0.15) is 0 Å². The van der Waals surface area contributed by atoms with Crippen LogP contribution < -0.4 is 14.2 Å². The fourth-order valence-corrected chi connectivity index (χ4v) is 5.18. The van der Waals surface area contributed by atoms with Gasteiger partial charge in [-0.15, -0.1) is 0 Å². The van der Waals surface area contributed by atoms with Crippen molar-refractivity contribution in [3.8, 4) is 17.2 Å². The number of piperidine rings is 1. The summed E-state index contributed by atoms with van der Waals surface area (Å²) in [5.74, 6) is 2.60. The third-order valence-electron chi connectivity index (χ3n) is 6.74. The lowest BCUT2D eigenvalue weighted by atomic mass is 9.79. The van der Waals surface area contributed by atoms with E-state index in [1.165, 1.54) is 6.42 Å². The molecule has 0 bridgehead atoms. The minimum atomic E-state index is 0.195. The van der Waals surface area contributed by atoms with Crippen molar-refractivity contribution in [1.29, 1.82) is 0 Å². The summed E-state index contributed by atoms with van der Waals surface area (Å²) < 4.78 is 16.8. The topological polar surface area (TPSA) is 51.2 Å². The van der Waals surface area contributed by atoms with Crippen LogP contribution >= 0.6 is 0 Å². The molecule has 6 heteroatoms. The van der Waals surface area contributed by atoms with Gasteiger partial charge >= 0.3 is 0 Å². The van der Waals surface area contributed by atoms with E-state index in [1.807, 2.05) is 47.4 Å². The number of hydrogen-bond acceptors (Lipinski definition) is 5. The van der Waals surface area contributed by atoms with E-state index in [2.05, 4.69) is 11.0 Å². The number of nitrogens with zero attached hydrogens (tertiary/aromatic N) is 2. The lowest BCUT2D eigenvalue weighted by Gasteiger charge is -2.40. The van der Waals surface area contributed by atoms with E-state index in [9.17, 15) is 4.79 Å². The molecule has 2 fully saturated rings. The van der Waals surface area contributed by atoms with Crippen LogP contribution in [0.1, 0.15) is 31.2 Å². The van der Waals surface area contributed by atoms with Crippen molar-refractivity contribution < 1.29 is 19.0 Å². The third kappa shape index (κ3) is 5.18. The zero-order valence-electron chi connectivity index (χ0n) is 19.2. The van der Waals surface area contributed by atoms with E-state index >= 15 is 0 Å². The predicted molar refractivity (Wildman–Crippen MR) is 124 cm³/mol. The first-order valence-electron chi connectivity index (χ1n) is 11.5. The summed E-state index contributed by atoms with van der Waals surface area (Å²) >= 11 is 0. The van der Waals surface area contributed by atoms with Gasteiger partial charge in [-0.3, -0.25) is 9.69 Å². The molecule has 2 heterocycles. The van der Waals surface area contributed by atoms with Gasteiger partial charge in [0.1, 0.15) is 5.75 Å². The minimum Gasteiger partial charge on any atom is -0.493 e. The molecule has 2 saturated heterocycles. The number of carbonyl (C=O) groups excluding carboxylic acids is 1. The fourth-order valence-electron chi connectivity index (χ4n) is 5.18. The van der Waals surface area contributed by atoms with Crippen molar-refractivity contribution in [1.82, 2.24) is 9.80 Å². The van der Waals surface area contributed by atoms with Gasteiger partial charge in [0, 0.05) is 37.2 Å². The van der Waals surface area contributed by atoms with E-state index in [0.717, 1.165) is 68.4 Å². The van der Waals surface area contributed by atoms with Gasteiger partial charge in [-0.05, 0) is 44.0 Å². The Morgan fingerprint density at radius 2 is 1.81 bits per heavy atom. The van der Waals surface area contributed by atoms with Crippen LogP contribution in [0.3, 0.4) is 0 Å². The number of likely N-dealkylation sites (tertiary alicyclic amines) is 2. The van der Waals surface area contributed by atoms with E-state index in [-0.39, 0.29) is 11.3 Å². The first-order valence-corrected chi connectivity index (χ1v) is 11.5. The molecule has 0 aromatic heterocycles. The Balaban J connectivity index is 1.31. The lowest BCUT2D eigenvalue weighted by molar-refractivity contribution is -0.131. The van der Waals surface area contributed by atoms with Crippen LogP contribution in [0.2, 0.25) is 0 Å². The number of rotatable bonds is 8. The molecule has 6 nitrogen and oxygen atoms in total. The van der Waals surface area contributed by atoms with E-state index in [1.54, 1.807) is 14.2 Å². The molecule has 2 aliphatic rings. The molecule has 0 saturated carbocycles. The Bertz CT molecular complexity index is 904. The number of methoxy groups -OCH3 is 2. The SMILES string of the molecule is COc1cccc(CN2CCC[C@@]3(CCN(C(=O)CCOc4ccccc4)C3)C2)c1OC. The second kappa shape index (κ2) is 10.3. The molecule has 2 aliphatic heterocycles. The van der Waals surface area contributed by atoms with Gasteiger partial charge in [-0.1, -0.05) is 30.3 Å². The van der Waals surface area contributed by atoms with E-state index < -0.39 is 0 Å². The summed E-state index contributed by atoms with van der Waals surface area (Å²) in [6.45, 7) is 5.04. The number of amides is 1. The number of ether oxygens (including phenoxy) is 3. The zero-order valence-corrected chi connectivity index (χ0v) is 19.2. The van der Waals surface area contributed by atoms with Crippen LogP contribution in [0.25, 0.3) is 0 Å². The van der Waals surface area contributed by atoms with Crippen molar-refractivity contribution >= 4 is 5.91 Å². The van der Waals surface area contributed by atoms with Gasteiger partial charge in [-0.25, -0.2) is 0 Å². The summed E-state index contributed by atoms with van der Waals surface area (Å²) in [6, 6.07) is 15.7. The number of benzene rings is 2. The van der Waals surface area contributed by atoms with Crippen molar-refractivity contribution in [3.63, 3.8) is 0 Å². The highest BCUT2D eigenvalue weighted by Crippen LogP contribution is 2.40. The van der Waals surface area contributed by atoms with Crippen LogP contribution in [0.15, 0.2) is 48.5 Å². The van der Waals surface area contributed by atoms with Gasteiger partial charge in [0.05, 0.1) is 27.2 Å². The highest BCUT2D eigenvalue weighted by atomic mass is 16.5. The Morgan fingerprint density at radius 1 is 0.969 bits per heavy atom. The predicted octanol–water partition coefficient (Wildman–Crippen LogP) is 3.99. The van der Waals surface area contributed by atoms with Crippen LogP contribution in [0.5, 0.6) is 17.2 Å². The first-order chi connectivity index (χ1) is 15.6. The minimum absolute atomic E-state index is 0.195. The van der Waals surface area contributed by atoms with Crippen LogP contribution in [-0.2, 0) is 11.3 Å². The van der Waals surface area contributed by atoms with Crippen molar-refractivity contribution in [2.24, 2.45) is 5.41 Å². The Labute approximate surface area is 191 Å². The van der Waals surface area contributed by atoms with Crippen LogP contribution in [-0.4, -0.2) is 62.7 Å². The summed E-state index contributed by atoms with van der Waals surface area (Å²) in [5, 5.41) is 0. The van der Waals surface area contributed by atoms with Crippen LogP contribution in [0, 0.1) is 5.41 Å². The molecule has 1 amide bonds. The maximum Gasteiger partial charge on any atom is 0.226 e. The molecule has 0 radical (unpaired) electrons. The number of carbonyl (C=O) groups is 1. The average molecular weight is 439 g/mol. The largest absolute Gasteiger partial charge is 0.493 e. The summed E-state index contributed by atoms with van der Waals surface area (Å²) in [4.78, 5) is 17.3. The van der Waals surface area contributed by atoms with Crippen molar-refractivity contribution in [2.45, 2.75) is 32.2 Å². The zero-order chi connectivity index (χ0) is 22.4. The van der Waals surface area contributed by atoms with Gasteiger partial charge in [0.15, 0.2) is 11.5 Å². The molecule has 32 heavy (non-hydrogen) atoms. The normalized spacial score (nSPS) is 21.0. The van der Waals surface area contributed by atoms with Crippen molar-refractivity contribution in [2.75, 3.05) is 47.0 Å². The fraction of sp³-hybridized carbons (Fsp3) is 0.500. The van der Waals surface area contributed by atoms with Gasteiger partial charge in [0.25, 0.3) is 0 Å². The highest BCUT2D eigenvalue weighted by molar-refractivity contribution is 5.76. The summed E-state index contributed by atoms with van der Waals surface area (Å²) in [7, 11) is 3.37. The van der Waals surface area contributed by atoms with Gasteiger partial charge < -0.3 is 19.1 Å². The van der Waals surface area contributed by atoms with E-state index in [4.69, 9.17) is 14.2 Å². The smallest absolute Gasteiger partial charge is 0.226 e. The molecule has 0 unspecified atom stereocenters. The Morgan fingerprint density at radius 3 is 2.59 bits per heavy atom. The number of hydrogen-bond donors (Lipinski definition) is 0. The molecular formula is C26H34N2O4. The highest BCUT2D eigenvalue weighted by Gasteiger charge is 2.42. The van der Waals surface area contributed by atoms with Crippen molar-refractivity contribution in [3.05, 3.63) is 54.1 Å². The molecule has 0 N–H and O–H groups in total. The summed E-state index contributed by atoms with van der Waals surface area (Å²) in [5.41, 5.74) is 1.34. The lowest BCUT2D eigenvalue weighted by Crippen LogP contribution is -2.45. The number of para-hydroxylation sites is 2. The molecule has 4 rings (SSSR count). The quantitative estimate of drug-likeness (QED) is 0.624. The monoisotopic (exact) mass is 438 g/mol. The molecule has 0 aliphatic carbocycles. The van der Waals surface area contributed by atoms with Crippen LogP contribution in [0.4, 0.5) is 0 Å². The Hall–Kier alpha value is -2.73. The molecular weight excluding hydrogens is 404 g/mol. The Kier molecular flexibility index (Phi) is 7.20. The molecule has 172 valence electrons. The van der Waals surface area contributed by atoms with Gasteiger partial charge in [0.2, 0.25) is 5.91 Å². The maximum absolute atomic E-state index is 12.8.